The molecule has 1 atom stereocenters. The number of carbonyl (C=O) groups excluding carboxylic acids is 1. The quantitative estimate of drug-likeness (QED) is 0.841. The third kappa shape index (κ3) is 3.04. The van der Waals surface area contributed by atoms with Crippen LogP contribution in [-0.2, 0) is 6.42 Å². The molecule has 106 valence electrons. The Balaban J connectivity index is 2.13. The lowest BCUT2D eigenvalue weighted by Gasteiger charge is -2.25. The number of nitrogens with zero attached hydrogens (tertiary/aromatic N) is 1. The SMILES string of the molecule is CC(Cc1cccs1)N(C)C(=O)c1cccc(F)c1F. The zero-order valence-corrected chi connectivity index (χ0v) is 12.1. The van der Waals surface area contributed by atoms with E-state index in [9.17, 15) is 13.6 Å². The molecule has 5 heteroatoms. The van der Waals surface area contributed by atoms with Gasteiger partial charge in [0, 0.05) is 24.4 Å². The second-order valence-electron chi connectivity index (χ2n) is 4.65. The number of carbonyl (C=O) groups is 1. The van der Waals surface area contributed by atoms with Crippen LogP contribution in [0, 0.1) is 11.6 Å². The Morgan fingerprint density at radius 3 is 2.70 bits per heavy atom. The van der Waals surface area contributed by atoms with Gasteiger partial charge in [-0.2, -0.15) is 0 Å². The van der Waals surface area contributed by atoms with E-state index < -0.39 is 17.5 Å². The summed E-state index contributed by atoms with van der Waals surface area (Å²) < 4.78 is 26.8. The number of hydrogen-bond donors (Lipinski definition) is 0. The Morgan fingerprint density at radius 2 is 2.05 bits per heavy atom. The highest BCUT2D eigenvalue weighted by molar-refractivity contribution is 7.09. The van der Waals surface area contributed by atoms with Crippen molar-refractivity contribution in [3.8, 4) is 0 Å². The van der Waals surface area contributed by atoms with Crippen LogP contribution < -0.4 is 0 Å². The van der Waals surface area contributed by atoms with Gasteiger partial charge in [-0.25, -0.2) is 8.78 Å². The van der Waals surface area contributed by atoms with Crippen LogP contribution in [0.2, 0.25) is 0 Å². The zero-order chi connectivity index (χ0) is 14.7. The molecule has 0 aliphatic rings. The largest absolute Gasteiger partial charge is 0.339 e. The number of rotatable bonds is 4. The fourth-order valence-electron chi connectivity index (χ4n) is 1.92. The van der Waals surface area contributed by atoms with Gasteiger partial charge in [0.15, 0.2) is 11.6 Å². The number of benzene rings is 1. The van der Waals surface area contributed by atoms with Crippen molar-refractivity contribution in [2.45, 2.75) is 19.4 Å². The molecule has 0 aliphatic carbocycles. The maximum Gasteiger partial charge on any atom is 0.256 e. The van der Waals surface area contributed by atoms with Crippen molar-refractivity contribution in [2.24, 2.45) is 0 Å². The Morgan fingerprint density at radius 1 is 1.30 bits per heavy atom. The van der Waals surface area contributed by atoms with Crippen molar-refractivity contribution in [1.29, 1.82) is 0 Å². The second kappa shape index (κ2) is 6.13. The minimum atomic E-state index is -1.09. The third-order valence-corrected chi connectivity index (χ3v) is 4.14. The summed E-state index contributed by atoms with van der Waals surface area (Å²) in [5.74, 6) is -2.60. The number of hydrogen-bond acceptors (Lipinski definition) is 2. The summed E-state index contributed by atoms with van der Waals surface area (Å²) in [5, 5.41) is 1.97. The average molecular weight is 295 g/mol. The molecule has 2 rings (SSSR count). The molecule has 0 saturated heterocycles. The number of amides is 1. The summed E-state index contributed by atoms with van der Waals surface area (Å²) in [6.07, 6.45) is 0.691. The number of halogens is 2. The van der Waals surface area contributed by atoms with E-state index in [-0.39, 0.29) is 11.6 Å². The van der Waals surface area contributed by atoms with Crippen molar-refractivity contribution in [3.63, 3.8) is 0 Å². The van der Waals surface area contributed by atoms with Gasteiger partial charge in [0.25, 0.3) is 5.91 Å². The first-order chi connectivity index (χ1) is 9.50. The third-order valence-electron chi connectivity index (χ3n) is 3.24. The van der Waals surface area contributed by atoms with Crippen LogP contribution in [0.15, 0.2) is 35.7 Å². The van der Waals surface area contributed by atoms with Crippen LogP contribution in [0.5, 0.6) is 0 Å². The molecule has 0 bridgehead atoms. The summed E-state index contributed by atoms with van der Waals surface area (Å²) in [4.78, 5) is 14.8. The van der Waals surface area contributed by atoms with E-state index >= 15 is 0 Å². The standard InChI is InChI=1S/C15H15F2NOS/c1-10(9-11-5-4-8-20-11)18(2)15(19)12-6-3-7-13(16)14(12)17/h3-8,10H,9H2,1-2H3. The van der Waals surface area contributed by atoms with Crippen LogP contribution in [0.3, 0.4) is 0 Å². The molecular weight excluding hydrogens is 280 g/mol. The molecule has 1 aromatic carbocycles. The minimum absolute atomic E-state index is 0.0937. The first kappa shape index (κ1) is 14.7. The lowest BCUT2D eigenvalue weighted by Crippen LogP contribution is -2.36. The highest BCUT2D eigenvalue weighted by atomic mass is 32.1. The van der Waals surface area contributed by atoms with E-state index in [1.54, 1.807) is 18.4 Å². The summed E-state index contributed by atoms with van der Waals surface area (Å²) >= 11 is 1.61. The van der Waals surface area contributed by atoms with Crippen molar-refractivity contribution in [2.75, 3.05) is 7.05 Å². The molecule has 1 unspecified atom stereocenters. The number of thiophene rings is 1. The maximum absolute atomic E-state index is 13.6. The summed E-state index contributed by atoms with van der Waals surface area (Å²) in [6.45, 7) is 1.88. The van der Waals surface area contributed by atoms with Gasteiger partial charge in [-0.05, 0) is 30.5 Å². The normalized spacial score (nSPS) is 12.2. The smallest absolute Gasteiger partial charge is 0.256 e. The van der Waals surface area contributed by atoms with Gasteiger partial charge in [0.2, 0.25) is 0 Å². The predicted molar refractivity (Wildman–Crippen MR) is 75.9 cm³/mol. The molecule has 2 nitrogen and oxygen atoms in total. The lowest BCUT2D eigenvalue weighted by atomic mass is 10.1. The van der Waals surface area contributed by atoms with E-state index in [1.807, 2.05) is 24.4 Å². The fourth-order valence-corrected chi connectivity index (χ4v) is 2.74. The van der Waals surface area contributed by atoms with E-state index in [2.05, 4.69) is 0 Å². The van der Waals surface area contributed by atoms with Gasteiger partial charge in [-0.15, -0.1) is 11.3 Å². The van der Waals surface area contributed by atoms with Crippen LogP contribution >= 0.6 is 11.3 Å². The van der Waals surface area contributed by atoms with Gasteiger partial charge in [-0.1, -0.05) is 12.1 Å². The van der Waals surface area contributed by atoms with Gasteiger partial charge in [0.1, 0.15) is 0 Å². The van der Waals surface area contributed by atoms with E-state index in [1.165, 1.54) is 17.0 Å². The number of likely N-dealkylation sites (N-methyl/N-ethyl adjacent to an activating group) is 1. The minimum Gasteiger partial charge on any atom is -0.339 e. The summed E-state index contributed by atoms with van der Waals surface area (Å²) in [5.41, 5.74) is -0.231. The van der Waals surface area contributed by atoms with Gasteiger partial charge in [-0.3, -0.25) is 4.79 Å². The zero-order valence-electron chi connectivity index (χ0n) is 11.3. The molecule has 2 aromatic rings. The Labute approximate surface area is 120 Å². The first-order valence-electron chi connectivity index (χ1n) is 6.24. The molecule has 0 radical (unpaired) electrons. The second-order valence-corrected chi connectivity index (χ2v) is 5.68. The monoisotopic (exact) mass is 295 g/mol. The molecular formula is C15H15F2NOS. The first-order valence-corrected chi connectivity index (χ1v) is 7.12. The molecule has 20 heavy (non-hydrogen) atoms. The van der Waals surface area contributed by atoms with Gasteiger partial charge in [0.05, 0.1) is 5.56 Å². The summed E-state index contributed by atoms with van der Waals surface area (Å²) in [7, 11) is 1.60. The predicted octanol–water partition coefficient (Wildman–Crippen LogP) is 3.73. The van der Waals surface area contributed by atoms with E-state index in [0.717, 1.165) is 10.9 Å². The molecule has 0 saturated carbocycles. The van der Waals surface area contributed by atoms with Crippen molar-refractivity contribution < 1.29 is 13.6 Å². The van der Waals surface area contributed by atoms with E-state index in [4.69, 9.17) is 0 Å². The maximum atomic E-state index is 13.6. The lowest BCUT2D eigenvalue weighted by molar-refractivity contribution is 0.0738. The van der Waals surface area contributed by atoms with Crippen molar-refractivity contribution >= 4 is 17.2 Å². The van der Waals surface area contributed by atoms with Crippen molar-refractivity contribution in [3.05, 3.63) is 57.8 Å². The van der Waals surface area contributed by atoms with Gasteiger partial charge < -0.3 is 4.90 Å². The highest BCUT2D eigenvalue weighted by Gasteiger charge is 2.22. The molecule has 0 fully saturated rings. The van der Waals surface area contributed by atoms with E-state index in [0.29, 0.717) is 6.42 Å². The molecule has 0 aliphatic heterocycles. The Bertz CT molecular complexity index is 598. The fraction of sp³-hybridized carbons (Fsp3) is 0.267. The Hall–Kier alpha value is -1.75. The van der Waals surface area contributed by atoms with Gasteiger partial charge >= 0.3 is 0 Å². The Kier molecular flexibility index (Phi) is 4.49. The molecule has 0 spiro atoms. The van der Waals surface area contributed by atoms with Crippen LogP contribution in [0.4, 0.5) is 8.78 Å². The van der Waals surface area contributed by atoms with Crippen LogP contribution in [-0.4, -0.2) is 23.9 Å². The molecule has 0 N–H and O–H groups in total. The molecule has 1 amide bonds. The van der Waals surface area contributed by atoms with Crippen LogP contribution in [0.1, 0.15) is 22.2 Å². The topological polar surface area (TPSA) is 20.3 Å². The summed E-state index contributed by atoms with van der Waals surface area (Å²) in [6, 6.07) is 7.48. The molecule has 1 heterocycles. The van der Waals surface area contributed by atoms with Crippen LogP contribution in [0.25, 0.3) is 0 Å². The molecule has 1 aromatic heterocycles. The van der Waals surface area contributed by atoms with Crippen molar-refractivity contribution in [1.82, 2.24) is 4.90 Å². The average Bonchev–Trinajstić information content (AvgIpc) is 2.93. The highest BCUT2D eigenvalue weighted by Crippen LogP contribution is 2.17.